The third-order valence-electron chi connectivity index (χ3n) is 3.91. The van der Waals surface area contributed by atoms with Crippen molar-refractivity contribution in [2.45, 2.75) is 12.5 Å². The van der Waals surface area contributed by atoms with E-state index in [1.807, 2.05) is 18.2 Å². The molecule has 2 heterocycles. The van der Waals surface area contributed by atoms with Gasteiger partial charge in [0.1, 0.15) is 0 Å². The molecule has 104 valence electrons. The Hall–Kier alpha value is -1.16. The van der Waals surface area contributed by atoms with Gasteiger partial charge in [-0.15, -0.1) is 0 Å². The van der Waals surface area contributed by atoms with Gasteiger partial charge in [0.25, 0.3) is 0 Å². The fourth-order valence-corrected chi connectivity index (χ4v) is 3.86. The molecule has 1 aliphatic heterocycles. The van der Waals surface area contributed by atoms with Crippen molar-refractivity contribution in [1.82, 2.24) is 4.90 Å². The van der Waals surface area contributed by atoms with Gasteiger partial charge in [0.2, 0.25) is 5.24 Å². The van der Waals surface area contributed by atoms with Gasteiger partial charge in [-0.1, -0.05) is 30.3 Å². The topological polar surface area (TPSA) is 20.3 Å². The molecule has 1 aliphatic rings. The van der Waals surface area contributed by atoms with Crippen LogP contribution < -0.4 is 0 Å². The molecule has 0 saturated carbocycles. The molecule has 0 spiro atoms. The molecular weight excluding hydrogens is 290 g/mol. The summed E-state index contributed by atoms with van der Waals surface area (Å²) in [6, 6.07) is 12.5. The lowest BCUT2D eigenvalue weighted by molar-refractivity contribution is -0.115. The Kier molecular flexibility index (Phi) is 4.20. The molecule has 0 bridgehead atoms. The molecule has 0 amide bonds. The van der Waals surface area contributed by atoms with Crippen LogP contribution in [0.25, 0.3) is 0 Å². The minimum atomic E-state index is -0.211. The van der Waals surface area contributed by atoms with Gasteiger partial charge in [-0.2, -0.15) is 11.3 Å². The summed E-state index contributed by atoms with van der Waals surface area (Å²) < 4.78 is 0. The summed E-state index contributed by atoms with van der Waals surface area (Å²) in [5.41, 5.74) is 2.52. The third-order valence-corrected chi connectivity index (χ3v) is 4.89. The van der Waals surface area contributed by atoms with E-state index in [1.165, 1.54) is 11.1 Å². The molecule has 1 saturated heterocycles. The van der Waals surface area contributed by atoms with Crippen LogP contribution in [0.1, 0.15) is 17.0 Å². The van der Waals surface area contributed by atoms with E-state index in [2.05, 4.69) is 33.9 Å². The van der Waals surface area contributed by atoms with Crippen molar-refractivity contribution in [2.24, 2.45) is 5.92 Å². The number of hydrogen-bond donors (Lipinski definition) is 0. The van der Waals surface area contributed by atoms with Crippen molar-refractivity contribution in [3.8, 4) is 0 Å². The van der Waals surface area contributed by atoms with Gasteiger partial charge < -0.3 is 0 Å². The van der Waals surface area contributed by atoms with Gasteiger partial charge in [-0.05, 0) is 39.6 Å². The molecule has 1 fully saturated rings. The summed E-state index contributed by atoms with van der Waals surface area (Å²) >= 11 is 7.47. The Bertz CT molecular complexity index is 569. The fraction of sp³-hybridized carbons (Fsp3) is 0.312. The van der Waals surface area contributed by atoms with Gasteiger partial charge in [0.15, 0.2) is 0 Å². The SMILES string of the molecule is O=C(Cl)C1CN(Cc2ccccc2)CC1c1ccsc1. The van der Waals surface area contributed by atoms with Crippen molar-refractivity contribution < 1.29 is 4.79 Å². The Morgan fingerprint density at radius 2 is 2.05 bits per heavy atom. The predicted molar refractivity (Wildman–Crippen MR) is 83.1 cm³/mol. The zero-order chi connectivity index (χ0) is 13.9. The maximum absolute atomic E-state index is 11.7. The van der Waals surface area contributed by atoms with Gasteiger partial charge in [-0.25, -0.2) is 0 Å². The number of nitrogens with zero attached hydrogens (tertiary/aromatic N) is 1. The first kappa shape index (κ1) is 13.8. The smallest absolute Gasteiger partial charge is 0.226 e. The number of carbonyl (C=O) groups is 1. The van der Waals surface area contributed by atoms with Gasteiger partial charge in [0, 0.05) is 25.6 Å². The average molecular weight is 306 g/mol. The van der Waals surface area contributed by atoms with E-state index in [1.54, 1.807) is 11.3 Å². The number of thiophene rings is 1. The van der Waals surface area contributed by atoms with Crippen molar-refractivity contribution in [3.63, 3.8) is 0 Å². The van der Waals surface area contributed by atoms with E-state index in [4.69, 9.17) is 11.6 Å². The Labute approximate surface area is 128 Å². The summed E-state index contributed by atoms with van der Waals surface area (Å²) in [4.78, 5) is 14.0. The molecule has 4 heteroatoms. The van der Waals surface area contributed by atoms with Crippen LogP contribution in [0.5, 0.6) is 0 Å². The van der Waals surface area contributed by atoms with Crippen LogP contribution in [-0.2, 0) is 11.3 Å². The van der Waals surface area contributed by atoms with Crippen LogP contribution in [0.15, 0.2) is 47.2 Å². The highest BCUT2D eigenvalue weighted by Crippen LogP contribution is 2.35. The number of benzene rings is 1. The molecule has 0 N–H and O–H groups in total. The minimum absolute atomic E-state index is 0.0880. The fourth-order valence-electron chi connectivity index (χ4n) is 2.91. The molecule has 2 nitrogen and oxygen atoms in total. The highest BCUT2D eigenvalue weighted by Gasteiger charge is 2.37. The number of halogens is 1. The Balaban J connectivity index is 1.75. The van der Waals surface area contributed by atoms with Gasteiger partial charge in [-0.3, -0.25) is 9.69 Å². The van der Waals surface area contributed by atoms with Crippen LogP contribution in [0.3, 0.4) is 0 Å². The molecular formula is C16H16ClNOS. The van der Waals surface area contributed by atoms with Gasteiger partial charge in [0.05, 0.1) is 5.92 Å². The number of likely N-dealkylation sites (tertiary alicyclic amines) is 1. The lowest BCUT2D eigenvalue weighted by atomic mass is 9.92. The number of rotatable bonds is 4. The monoisotopic (exact) mass is 305 g/mol. The van der Waals surface area contributed by atoms with Gasteiger partial charge >= 0.3 is 0 Å². The van der Waals surface area contributed by atoms with E-state index < -0.39 is 0 Å². The molecule has 20 heavy (non-hydrogen) atoms. The molecule has 2 unspecified atom stereocenters. The van der Waals surface area contributed by atoms with Crippen molar-refractivity contribution >= 4 is 28.2 Å². The van der Waals surface area contributed by atoms with E-state index >= 15 is 0 Å². The Morgan fingerprint density at radius 1 is 1.25 bits per heavy atom. The first-order valence-electron chi connectivity index (χ1n) is 6.72. The third kappa shape index (κ3) is 2.95. The second-order valence-electron chi connectivity index (χ2n) is 5.25. The van der Waals surface area contributed by atoms with Crippen molar-refractivity contribution in [3.05, 3.63) is 58.3 Å². The summed E-state index contributed by atoms with van der Waals surface area (Å²) in [7, 11) is 0. The second kappa shape index (κ2) is 6.08. The number of hydrogen-bond acceptors (Lipinski definition) is 3. The molecule has 3 rings (SSSR count). The normalized spacial score (nSPS) is 23.1. The zero-order valence-electron chi connectivity index (χ0n) is 11.0. The minimum Gasteiger partial charge on any atom is -0.298 e. The van der Waals surface area contributed by atoms with Crippen LogP contribution in [0.2, 0.25) is 0 Å². The summed E-state index contributed by atoms with van der Waals surface area (Å²) in [6.07, 6.45) is 0. The van der Waals surface area contributed by atoms with Crippen LogP contribution >= 0.6 is 22.9 Å². The van der Waals surface area contributed by atoms with Crippen molar-refractivity contribution in [2.75, 3.05) is 13.1 Å². The molecule has 2 atom stereocenters. The highest BCUT2D eigenvalue weighted by atomic mass is 35.5. The molecule has 1 aromatic heterocycles. The lowest BCUT2D eigenvalue weighted by Gasteiger charge is -2.15. The van der Waals surface area contributed by atoms with Crippen LogP contribution in [0.4, 0.5) is 0 Å². The summed E-state index contributed by atoms with van der Waals surface area (Å²) in [6.45, 7) is 2.52. The summed E-state index contributed by atoms with van der Waals surface area (Å²) in [5.74, 6) is 0.143. The quantitative estimate of drug-likeness (QED) is 0.802. The highest BCUT2D eigenvalue weighted by molar-refractivity contribution is 7.08. The van der Waals surface area contributed by atoms with Crippen LogP contribution in [-0.4, -0.2) is 23.2 Å². The molecule has 0 radical (unpaired) electrons. The zero-order valence-corrected chi connectivity index (χ0v) is 12.6. The molecule has 1 aromatic carbocycles. The van der Waals surface area contributed by atoms with Crippen molar-refractivity contribution in [1.29, 1.82) is 0 Å². The average Bonchev–Trinajstić information content (AvgIpc) is 3.08. The first-order valence-corrected chi connectivity index (χ1v) is 8.04. The van der Waals surface area contributed by atoms with E-state index in [-0.39, 0.29) is 17.1 Å². The predicted octanol–water partition coefficient (Wildman–Crippen LogP) is 3.73. The van der Waals surface area contributed by atoms with E-state index in [9.17, 15) is 4.79 Å². The maximum atomic E-state index is 11.7. The van der Waals surface area contributed by atoms with E-state index in [0.717, 1.165) is 19.6 Å². The standard InChI is InChI=1S/C16H16ClNOS/c17-16(19)15-10-18(8-12-4-2-1-3-5-12)9-14(15)13-6-7-20-11-13/h1-7,11,14-15H,8-10H2. The molecule has 2 aromatic rings. The summed E-state index contributed by atoms with van der Waals surface area (Å²) in [5, 5.41) is 3.98. The maximum Gasteiger partial charge on any atom is 0.226 e. The number of carbonyl (C=O) groups excluding carboxylic acids is 1. The lowest BCUT2D eigenvalue weighted by Crippen LogP contribution is -2.21. The van der Waals surface area contributed by atoms with Crippen LogP contribution in [0, 0.1) is 5.92 Å². The molecule has 0 aliphatic carbocycles. The second-order valence-corrected chi connectivity index (χ2v) is 6.41. The Morgan fingerprint density at radius 3 is 2.70 bits per heavy atom. The largest absolute Gasteiger partial charge is 0.298 e. The first-order chi connectivity index (χ1) is 9.74. The van der Waals surface area contributed by atoms with E-state index in [0.29, 0.717) is 0 Å².